The third kappa shape index (κ3) is 3.35. The Morgan fingerprint density at radius 2 is 2.19 bits per heavy atom. The first-order valence-corrected chi connectivity index (χ1v) is 4.91. The van der Waals surface area contributed by atoms with Crippen LogP contribution in [0.3, 0.4) is 0 Å². The molecule has 0 unspecified atom stereocenters. The van der Waals surface area contributed by atoms with E-state index in [-0.39, 0.29) is 5.75 Å². The van der Waals surface area contributed by atoms with Gasteiger partial charge in [0.1, 0.15) is 5.75 Å². The van der Waals surface area contributed by atoms with Gasteiger partial charge in [-0.3, -0.25) is 9.59 Å². The van der Waals surface area contributed by atoms with Gasteiger partial charge >= 0.3 is 11.8 Å². The fourth-order valence-electron chi connectivity index (χ4n) is 0.824. The molecular formula is C9H8BrN3O3. The van der Waals surface area contributed by atoms with Crippen molar-refractivity contribution in [3.05, 3.63) is 28.2 Å². The fourth-order valence-corrected chi connectivity index (χ4v) is 1.22. The Morgan fingerprint density at radius 1 is 1.50 bits per heavy atom. The molecule has 84 valence electrons. The molecule has 1 aromatic carbocycles. The van der Waals surface area contributed by atoms with Crippen LogP contribution in [0.5, 0.6) is 5.75 Å². The van der Waals surface area contributed by atoms with Crippen LogP contribution >= 0.6 is 15.9 Å². The molecule has 4 N–H and O–H groups in total. The second-order valence-electron chi connectivity index (χ2n) is 2.77. The molecule has 0 aliphatic carbocycles. The third-order valence-corrected chi connectivity index (χ3v) is 2.21. The number of carbonyl (C=O) groups is 2. The molecule has 0 spiro atoms. The maximum absolute atomic E-state index is 10.7. The molecule has 1 rings (SSSR count). The molecule has 0 saturated heterocycles. The lowest BCUT2D eigenvalue weighted by Crippen LogP contribution is -2.32. The molecule has 6 nitrogen and oxygen atoms in total. The number of nitrogens with two attached hydrogens (primary N) is 1. The van der Waals surface area contributed by atoms with E-state index in [4.69, 9.17) is 5.73 Å². The van der Waals surface area contributed by atoms with Crippen molar-refractivity contribution >= 4 is 34.0 Å². The first-order valence-electron chi connectivity index (χ1n) is 4.12. The average molecular weight is 286 g/mol. The topological polar surface area (TPSA) is 105 Å². The molecule has 0 bridgehead atoms. The van der Waals surface area contributed by atoms with Gasteiger partial charge < -0.3 is 10.8 Å². The van der Waals surface area contributed by atoms with Crippen LogP contribution in [0.2, 0.25) is 0 Å². The van der Waals surface area contributed by atoms with Gasteiger partial charge in [0.2, 0.25) is 0 Å². The van der Waals surface area contributed by atoms with Crippen molar-refractivity contribution in [2.45, 2.75) is 0 Å². The molecule has 2 amide bonds. The zero-order valence-electron chi connectivity index (χ0n) is 7.98. The molecule has 7 heteroatoms. The lowest BCUT2D eigenvalue weighted by atomic mass is 10.2. The van der Waals surface area contributed by atoms with Gasteiger partial charge in [-0.1, -0.05) is 0 Å². The number of hydrogen-bond donors (Lipinski definition) is 3. The minimum atomic E-state index is -1.11. The van der Waals surface area contributed by atoms with Crippen LogP contribution in [0, 0.1) is 0 Å². The Morgan fingerprint density at radius 3 is 2.75 bits per heavy atom. The van der Waals surface area contributed by atoms with E-state index in [2.05, 4.69) is 21.0 Å². The Hall–Kier alpha value is -1.89. The molecule has 0 heterocycles. The Kier molecular flexibility index (Phi) is 4.01. The zero-order valence-corrected chi connectivity index (χ0v) is 9.56. The number of rotatable bonds is 2. The van der Waals surface area contributed by atoms with Crippen molar-refractivity contribution in [2.75, 3.05) is 0 Å². The standard InChI is InChI=1S/C9H8BrN3O3/c10-6-3-5(1-2-7(6)14)4-12-13-9(16)8(11)15/h1-4,14H,(H2,11,15)(H,13,16)/b12-4+. The van der Waals surface area contributed by atoms with Crippen LogP contribution in [0.1, 0.15) is 5.56 Å². The number of halogens is 1. The summed E-state index contributed by atoms with van der Waals surface area (Å²) in [6, 6.07) is 4.64. The molecule has 0 fully saturated rings. The van der Waals surface area contributed by atoms with Crippen LogP contribution in [0.4, 0.5) is 0 Å². The highest BCUT2D eigenvalue weighted by atomic mass is 79.9. The van der Waals surface area contributed by atoms with Crippen molar-refractivity contribution in [1.82, 2.24) is 5.43 Å². The molecule has 0 radical (unpaired) electrons. The number of amides is 2. The summed E-state index contributed by atoms with van der Waals surface area (Å²) in [6.45, 7) is 0. The second-order valence-corrected chi connectivity index (χ2v) is 3.63. The van der Waals surface area contributed by atoms with Crippen LogP contribution < -0.4 is 11.2 Å². The molecule has 0 aliphatic rings. The van der Waals surface area contributed by atoms with E-state index in [9.17, 15) is 14.7 Å². The summed E-state index contributed by atoms with van der Waals surface area (Å²) in [4.78, 5) is 21.0. The molecule has 16 heavy (non-hydrogen) atoms. The number of nitrogens with one attached hydrogen (secondary N) is 1. The summed E-state index contributed by atoms with van der Waals surface area (Å²) in [5, 5.41) is 12.7. The molecule has 0 aromatic heterocycles. The normalized spacial score (nSPS) is 10.3. The number of benzene rings is 1. The number of nitrogens with zero attached hydrogens (tertiary/aromatic N) is 1. The van der Waals surface area contributed by atoms with E-state index in [0.29, 0.717) is 10.0 Å². The predicted octanol–water partition coefficient (Wildman–Crippen LogP) is 0.0901. The van der Waals surface area contributed by atoms with Gasteiger partial charge in [-0.2, -0.15) is 5.10 Å². The SMILES string of the molecule is NC(=O)C(=O)N/N=C/c1ccc(O)c(Br)c1. The number of phenolic OH excluding ortho intramolecular Hbond substituents is 1. The smallest absolute Gasteiger partial charge is 0.329 e. The number of aromatic hydroxyl groups is 1. The Bertz CT molecular complexity index is 459. The van der Waals surface area contributed by atoms with E-state index in [1.165, 1.54) is 12.3 Å². The van der Waals surface area contributed by atoms with Crippen LogP contribution in [-0.2, 0) is 9.59 Å². The lowest BCUT2D eigenvalue weighted by molar-refractivity contribution is -0.137. The fraction of sp³-hybridized carbons (Fsp3) is 0. The van der Waals surface area contributed by atoms with Gasteiger partial charge in [-0.05, 0) is 39.7 Å². The summed E-state index contributed by atoms with van der Waals surface area (Å²) >= 11 is 3.12. The Labute approximate surface area is 99.3 Å². The summed E-state index contributed by atoms with van der Waals surface area (Å²) in [5.41, 5.74) is 7.27. The highest BCUT2D eigenvalue weighted by molar-refractivity contribution is 9.10. The molecule has 0 aliphatic heterocycles. The summed E-state index contributed by atoms with van der Waals surface area (Å²) < 4.78 is 0.498. The van der Waals surface area contributed by atoms with Crippen molar-refractivity contribution in [2.24, 2.45) is 10.8 Å². The second kappa shape index (κ2) is 5.26. The third-order valence-electron chi connectivity index (χ3n) is 1.58. The van der Waals surface area contributed by atoms with Crippen molar-refractivity contribution in [3.8, 4) is 5.75 Å². The van der Waals surface area contributed by atoms with Gasteiger partial charge in [0.15, 0.2) is 0 Å². The van der Waals surface area contributed by atoms with Crippen molar-refractivity contribution in [1.29, 1.82) is 0 Å². The van der Waals surface area contributed by atoms with E-state index in [0.717, 1.165) is 0 Å². The van der Waals surface area contributed by atoms with E-state index in [1.807, 2.05) is 5.43 Å². The molecular weight excluding hydrogens is 278 g/mol. The van der Waals surface area contributed by atoms with E-state index < -0.39 is 11.8 Å². The number of carbonyl (C=O) groups excluding carboxylic acids is 2. The van der Waals surface area contributed by atoms with Gasteiger partial charge in [0.25, 0.3) is 0 Å². The minimum absolute atomic E-state index is 0.0957. The van der Waals surface area contributed by atoms with Crippen LogP contribution in [0.15, 0.2) is 27.8 Å². The maximum Gasteiger partial charge on any atom is 0.329 e. The largest absolute Gasteiger partial charge is 0.507 e. The first-order chi connectivity index (χ1) is 7.50. The number of hydrazone groups is 1. The van der Waals surface area contributed by atoms with Crippen molar-refractivity contribution in [3.63, 3.8) is 0 Å². The number of primary amides is 1. The maximum atomic E-state index is 10.7. The summed E-state index contributed by atoms with van der Waals surface area (Å²) in [5.74, 6) is -2.00. The number of hydrogen-bond acceptors (Lipinski definition) is 4. The van der Waals surface area contributed by atoms with Gasteiger partial charge in [0, 0.05) is 0 Å². The van der Waals surface area contributed by atoms with E-state index in [1.54, 1.807) is 12.1 Å². The number of phenols is 1. The monoisotopic (exact) mass is 285 g/mol. The quantitative estimate of drug-likeness (QED) is 0.407. The molecule has 0 atom stereocenters. The first kappa shape index (κ1) is 12.2. The molecule has 0 saturated carbocycles. The van der Waals surface area contributed by atoms with Crippen LogP contribution in [-0.4, -0.2) is 23.1 Å². The van der Waals surface area contributed by atoms with Gasteiger partial charge in [0.05, 0.1) is 10.7 Å². The van der Waals surface area contributed by atoms with Gasteiger partial charge in [-0.25, -0.2) is 5.43 Å². The predicted molar refractivity (Wildman–Crippen MR) is 60.7 cm³/mol. The van der Waals surface area contributed by atoms with Crippen molar-refractivity contribution < 1.29 is 14.7 Å². The molecule has 1 aromatic rings. The highest BCUT2D eigenvalue weighted by Gasteiger charge is 2.05. The minimum Gasteiger partial charge on any atom is -0.507 e. The van der Waals surface area contributed by atoms with E-state index >= 15 is 0 Å². The van der Waals surface area contributed by atoms with Crippen LogP contribution in [0.25, 0.3) is 0 Å². The summed E-state index contributed by atoms with van der Waals surface area (Å²) in [6.07, 6.45) is 1.31. The highest BCUT2D eigenvalue weighted by Crippen LogP contribution is 2.23. The average Bonchev–Trinajstić information content (AvgIpc) is 2.23. The Balaban J connectivity index is 2.66. The zero-order chi connectivity index (χ0) is 12.1. The summed E-state index contributed by atoms with van der Waals surface area (Å²) in [7, 11) is 0. The van der Waals surface area contributed by atoms with Gasteiger partial charge in [-0.15, -0.1) is 0 Å². The lowest BCUT2D eigenvalue weighted by Gasteiger charge is -1.98.